The van der Waals surface area contributed by atoms with Gasteiger partial charge in [-0.2, -0.15) is 0 Å². The van der Waals surface area contributed by atoms with Crippen LogP contribution in [0.15, 0.2) is 48.5 Å². The second-order valence-corrected chi connectivity index (χ2v) is 6.54. The summed E-state index contributed by atoms with van der Waals surface area (Å²) in [5, 5.41) is 13.1. The molecule has 2 heterocycles. The van der Waals surface area contributed by atoms with Crippen molar-refractivity contribution in [2.45, 2.75) is 19.3 Å². The molecule has 3 aromatic rings. The minimum atomic E-state index is -1.19. The van der Waals surface area contributed by atoms with Crippen molar-refractivity contribution in [1.82, 2.24) is 14.5 Å². The molecule has 8 heteroatoms. The number of hydrogen-bond acceptors (Lipinski definition) is 5. The first-order valence-corrected chi connectivity index (χ1v) is 8.80. The Morgan fingerprint density at radius 3 is 2.32 bits per heavy atom. The molecule has 0 saturated heterocycles. The topological polar surface area (TPSA) is 70.4 Å². The number of halogens is 2. The van der Waals surface area contributed by atoms with Crippen molar-refractivity contribution >= 4 is 17.8 Å². The van der Waals surface area contributed by atoms with Gasteiger partial charge >= 0.3 is 0 Å². The number of aromatic nitrogens is 2. The number of rotatable bonds is 5. The zero-order valence-electron chi connectivity index (χ0n) is 14.8. The van der Waals surface area contributed by atoms with Crippen LogP contribution >= 0.6 is 0 Å². The van der Waals surface area contributed by atoms with Gasteiger partial charge in [-0.15, -0.1) is 0 Å². The second kappa shape index (κ2) is 7.49. The number of nitrogens with one attached hydrogen (secondary N) is 1. The lowest BCUT2D eigenvalue weighted by Gasteiger charge is -2.29. The second-order valence-electron chi connectivity index (χ2n) is 6.54. The van der Waals surface area contributed by atoms with Crippen molar-refractivity contribution in [2.24, 2.45) is 0 Å². The van der Waals surface area contributed by atoms with Crippen molar-refractivity contribution in [3.8, 4) is 11.3 Å². The van der Waals surface area contributed by atoms with Crippen LogP contribution in [0, 0.1) is 11.6 Å². The molecular formula is C20H18F2N4O2. The van der Waals surface area contributed by atoms with Crippen LogP contribution in [-0.4, -0.2) is 38.6 Å². The molecule has 2 N–H and O–H groups in total. The highest BCUT2D eigenvalue weighted by atomic mass is 19.1. The fourth-order valence-electron chi connectivity index (χ4n) is 3.27. The van der Waals surface area contributed by atoms with Gasteiger partial charge in [0.15, 0.2) is 12.5 Å². The number of hydrogen-bond donors (Lipinski definition) is 2. The highest BCUT2D eigenvalue weighted by Crippen LogP contribution is 2.33. The molecular weight excluding hydrogens is 366 g/mol. The van der Waals surface area contributed by atoms with E-state index in [2.05, 4.69) is 10.3 Å². The van der Waals surface area contributed by atoms with Gasteiger partial charge < -0.3 is 15.0 Å². The number of aldehydes is 1. The summed E-state index contributed by atoms with van der Waals surface area (Å²) >= 11 is 0. The average Bonchev–Trinajstić information content (AvgIpc) is 3.07. The van der Waals surface area contributed by atoms with Crippen LogP contribution in [0.4, 0.5) is 20.3 Å². The summed E-state index contributed by atoms with van der Waals surface area (Å²) in [5.41, 5.74) is 2.01. The third-order valence-electron chi connectivity index (χ3n) is 4.72. The van der Waals surface area contributed by atoms with Crippen molar-refractivity contribution < 1.29 is 18.7 Å². The van der Waals surface area contributed by atoms with E-state index >= 15 is 0 Å². The first-order chi connectivity index (χ1) is 13.5. The highest BCUT2D eigenvalue weighted by molar-refractivity contribution is 5.76. The van der Waals surface area contributed by atoms with Crippen LogP contribution in [0.3, 0.4) is 0 Å². The van der Waals surface area contributed by atoms with E-state index in [-0.39, 0.29) is 11.6 Å². The number of carbonyl (C=O) groups excluding carboxylic acids is 1. The van der Waals surface area contributed by atoms with Gasteiger partial charge in [0.05, 0.1) is 6.54 Å². The Hall–Kier alpha value is -3.10. The van der Waals surface area contributed by atoms with E-state index in [1.165, 1.54) is 24.3 Å². The van der Waals surface area contributed by atoms with E-state index in [1.807, 2.05) is 4.57 Å². The lowest BCUT2D eigenvalue weighted by molar-refractivity contribution is -0.125. The molecule has 1 atom stereocenters. The molecule has 1 aliphatic rings. The van der Waals surface area contributed by atoms with Crippen molar-refractivity contribution in [3.05, 3.63) is 66.0 Å². The summed E-state index contributed by atoms with van der Waals surface area (Å²) in [4.78, 5) is 17.2. The monoisotopic (exact) mass is 384 g/mol. The molecule has 0 amide bonds. The first-order valence-electron chi connectivity index (χ1n) is 8.80. The van der Waals surface area contributed by atoms with Crippen LogP contribution in [0.2, 0.25) is 0 Å². The van der Waals surface area contributed by atoms with Crippen LogP contribution in [0.1, 0.15) is 5.82 Å². The molecule has 1 aromatic heterocycles. The summed E-state index contributed by atoms with van der Waals surface area (Å²) < 4.78 is 28.5. The van der Waals surface area contributed by atoms with Gasteiger partial charge in [0.1, 0.15) is 29.0 Å². The van der Waals surface area contributed by atoms with Gasteiger partial charge in [-0.3, -0.25) is 9.69 Å². The largest absolute Gasteiger partial charge is 0.371 e. The van der Waals surface area contributed by atoms with E-state index in [0.29, 0.717) is 48.9 Å². The lowest BCUT2D eigenvalue weighted by atomic mass is 10.1. The summed E-state index contributed by atoms with van der Waals surface area (Å²) in [7, 11) is 0. The first kappa shape index (κ1) is 18.3. The van der Waals surface area contributed by atoms with E-state index in [4.69, 9.17) is 0 Å². The summed E-state index contributed by atoms with van der Waals surface area (Å²) in [5.74, 6) is 0.670. The molecule has 0 fully saturated rings. The Morgan fingerprint density at radius 2 is 1.68 bits per heavy atom. The SMILES string of the molecule is O=CC(O)N1CCn2c(nc(-c3ccc(F)cc3)c2Nc2ccc(F)cc2)C1. The molecule has 2 aromatic carbocycles. The molecule has 1 aliphatic heterocycles. The molecule has 144 valence electrons. The van der Waals surface area contributed by atoms with E-state index in [9.17, 15) is 18.7 Å². The number of aliphatic hydroxyl groups is 1. The molecule has 0 radical (unpaired) electrons. The van der Waals surface area contributed by atoms with E-state index in [0.717, 1.165) is 5.56 Å². The lowest BCUT2D eigenvalue weighted by Crippen LogP contribution is -2.42. The fraction of sp³-hybridized carbons (Fsp3) is 0.200. The number of anilines is 2. The zero-order valence-corrected chi connectivity index (χ0v) is 14.8. The van der Waals surface area contributed by atoms with Crippen molar-refractivity contribution in [3.63, 3.8) is 0 Å². The van der Waals surface area contributed by atoms with Gasteiger partial charge in [-0.05, 0) is 48.5 Å². The minimum Gasteiger partial charge on any atom is -0.371 e. The summed E-state index contributed by atoms with van der Waals surface area (Å²) in [6.07, 6.45) is -0.704. The van der Waals surface area contributed by atoms with Gasteiger partial charge in [0.2, 0.25) is 0 Å². The predicted octanol–water partition coefficient (Wildman–Crippen LogP) is 2.90. The maximum Gasteiger partial charge on any atom is 0.164 e. The zero-order chi connectivity index (χ0) is 19.7. The number of nitrogens with zero attached hydrogens (tertiary/aromatic N) is 3. The highest BCUT2D eigenvalue weighted by Gasteiger charge is 2.27. The van der Waals surface area contributed by atoms with Crippen LogP contribution < -0.4 is 5.32 Å². The Balaban J connectivity index is 1.76. The number of fused-ring (bicyclic) bond motifs is 1. The third-order valence-corrected chi connectivity index (χ3v) is 4.72. The van der Waals surface area contributed by atoms with Crippen LogP contribution in [-0.2, 0) is 17.9 Å². The van der Waals surface area contributed by atoms with Crippen molar-refractivity contribution in [2.75, 3.05) is 11.9 Å². The Kier molecular flexibility index (Phi) is 4.89. The van der Waals surface area contributed by atoms with Gasteiger partial charge in [-0.1, -0.05) is 0 Å². The molecule has 0 aliphatic carbocycles. The van der Waals surface area contributed by atoms with Gasteiger partial charge in [0, 0.05) is 24.3 Å². The maximum absolute atomic E-state index is 13.3. The molecule has 0 spiro atoms. The quantitative estimate of drug-likeness (QED) is 0.662. The Bertz CT molecular complexity index is 987. The third kappa shape index (κ3) is 3.51. The molecule has 4 rings (SSSR count). The average molecular weight is 384 g/mol. The summed E-state index contributed by atoms with van der Waals surface area (Å²) in [6, 6.07) is 11.9. The molecule has 1 unspecified atom stereocenters. The van der Waals surface area contributed by atoms with E-state index < -0.39 is 6.23 Å². The van der Waals surface area contributed by atoms with Gasteiger partial charge in [-0.25, -0.2) is 13.8 Å². The van der Waals surface area contributed by atoms with Crippen LogP contribution in [0.5, 0.6) is 0 Å². The van der Waals surface area contributed by atoms with Crippen molar-refractivity contribution in [1.29, 1.82) is 0 Å². The Labute approximate surface area is 160 Å². The predicted molar refractivity (Wildman–Crippen MR) is 99.8 cm³/mol. The Morgan fingerprint density at radius 1 is 1.04 bits per heavy atom. The minimum absolute atomic E-state index is 0.291. The van der Waals surface area contributed by atoms with Gasteiger partial charge in [0.25, 0.3) is 0 Å². The molecule has 0 bridgehead atoms. The fourth-order valence-corrected chi connectivity index (χ4v) is 3.27. The number of imidazole rings is 1. The van der Waals surface area contributed by atoms with Crippen LogP contribution in [0.25, 0.3) is 11.3 Å². The van der Waals surface area contributed by atoms with E-state index in [1.54, 1.807) is 29.2 Å². The molecule has 28 heavy (non-hydrogen) atoms. The number of carbonyl (C=O) groups is 1. The number of benzene rings is 2. The smallest absolute Gasteiger partial charge is 0.164 e. The molecule has 6 nitrogen and oxygen atoms in total. The standard InChI is InChI=1S/C20H18F2N4O2/c21-14-3-1-13(2-4-14)19-20(23-16-7-5-15(22)6-8-16)26-10-9-25(18(28)12-27)11-17(26)24-19/h1-8,12,18,23,28H,9-11H2. The molecule has 0 saturated carbocycles. The number of aliphatic hydroxyl groups excluding tert-OH is 1. The summed E-state index contributed by atoms with van der Waals surface area (Å²) in [6.45, 7) is 1.25. The normalized spacial score (nSPS) is 15.1. The maximum atomic E-state index is 13.3.